The number of carbonyl (C=O) groups excluding carboxylic acids is 3. The molecule has 2 heterocycles. The number of anilines is 2. The lowest BCUT2D eigenvalue weighted by Crippen LogP contribution is -2.37. The minimum atomic E-state index is -0.913. The highest BCUT2D eigenvalue weighted by atomic mass is 16.5. The summed E-state index contributed by atoms with van der Waals surface area (Å²) in [6.45, 7) is 0. The van der Waals surface area contributed by atoms with E-state index in [0.717, 1.165) is 5.56 Å². The standard InChI is InChI=1S/C21H16N2O5/c24-19(17-9-4-10-27-17)22-14-6-3-7-15(12-14)23-20(25)18-11-13-5-1-2-8-16(13)21(26)28-18/h1-10,12,18H,11H2,(H,22,24)(H,23,25). The molecule has 1 atom stereocenters. The summed E-state index contributed by atoms with van der Waals surface area (Å²) in [5, 5.41) is 5.41. The van der Waals surface area contributed by atoms with E-state index in [1.54, 1.807) is 54.6 Å². The summed E-state index contributed by atoms with van der Waals surface area (Å²) in [4.78, 5) is 36.7. The van der Waals surface area contributed by atoms with Crippen LogP contribution in [0.2, 0.25) is 0 Å². The molecular weight excluding hydrogens is 360 g/mol. The fourth-order valence-corrected chi connectivity index (χ4v) is 2.98. The molecule has 2 aromatic carbocycles. The number of ether oxygens (including phenoxy) is 1. The molecule has 7 heteroatoms. The number of fused-ring (bicyclic) bond motifs is 1. The van der Waals surface area contributed by atoms with Crippen LogP contribution in [0.25, 0.3) is 0 Å². The zero-order chi connectivity index (χ0) is 19.5. The molecule has 7 nitrogen and oxygen atoms in total. The highest BCUT2D eigenvalue weighted by molar-refractivity contribution is 6.03. The van der Waals surface area contributed by atoms with Crippen LogP contribution in [0.4, 0.5) is 11.4 Å². The molecule has 3 aromatic rings. The van der Waals surface area contributed by atoms with Crippen molar-refractivity contribution in [3.63, 3.8) is 0 Å². The van der Waals surface area contributed by atoms with Crippen molar-refractivity contribution in [2.24, 2.45) is 0 Å². The molecule has 0 radical (unpaired) electrons. The summed E-state index contributed by atoms with van der Waals surface area (Å²) in [5.74, 6) is -1.16. The summed E-state index contributed by atoms with van der Waals surface area (Å²) in [6, 6.07) is 16.9. The fraction of sp³-hybridized carbons (Fsp3) is 0.0952. The van der Waals surface area contributed by atoms with Gasteiger partial charge < -0.3 is 19.8 Å². The van der Waals surface area contributed by atoms with Crippen LogP contribution in [0.1, 0.15) is 26.5 Å². The maximum absolute atomic E-state index is 12.6. The third kappa shape index (κ3) is 3.64. The van der Waals surface area contributed by atoms with Crippen LogP contribution in [0, 0.1) is 0 Å². The first-order chi connectivity index (χ1) is 13.6. The van der Waals surface area contributed by atoms with Gasteiger partial charge in [0.2, 0.25) is 0 Å². The minimum absolute atomic E-state index is 0.183. The molecule has 1 aliphatic rings. The molecule has 140 valence electrons. The van der Waals surface area contributed by atoms with Crippen LogP contribution in [-0.2, 0) is 16.0 Å². The summed E-state index contributed by atoms with van der Waals surface area (Å²) >= 11 is 0. The largest absolute Gasteiger partial charge is 0.459 e. The molecule has 0 saturated heterocycles. The number of amides is 2. The van der Waals surface area contributed by atoms with Gasteiger partial charge in [0, 0.05) is 17.8 Å². The van der Waals surface area contributed by atoms with E-state index in [4.69, 9.17) is 9.15 Å². The molecule has 2 N–H and O–H groups in total. The number of nitrogens with one attached hydrogen (secondary N) is 2. The number of esters is 1. The molecule has 4 rings (SSSR count). The van der Waals surface area contributed by atoms with Gasteiger partial charge in [0.25, 0.3) is 11.8 Å². The molecule has 0 spiro atoms. The van der Waals surface area contributed by atoms with Crippen LogP contribution in [0.15, 0.2) is 71.3 Å². The quantitative estimate of drug-likeness (QED) is 0.681. The van der Waals surface area contributed by atoms with Gasteiger partial charge in [0.15, 0.2) is 11.9 Å². The van der Waals surface area contributed by atoms with Crippen molar-refractivity contribution in [1.29, 1.82) is 0 Å². The van der Waals surface area contributed by atoms with Crippen molar-refractivity contribution < 1.29 is 23.5 Å². The maximum Gasteiger partial charge on any atom is 0.339 e. The summed E-state index contributed by atoms with van der Waals surface area (Å²) < 4.78 is 10.3. The van der Waals surface area contributed by atoms with Gasteiger partial charge in [-0.1, -0.05) is 24.3 Å². The zero-order valence-electron chi connectivity index (χ0n) is 14.7. The van der Waals surface area contributed by atoms with Gasteiger partial charge in [-0.05, 0) is 42.0 Å². The van der Waals surface area contributed by atoms with Crippen molar-refractivity contribution in [3.8, 4) is 0 Å². The molecule has 2 amide bonds. The third-order valence-corrected chi connectivity index (χ3v) is 4.32. The van der Waals surface area contributed by atoms with Crippen molar-refractivity contribution in [2.45, 2.75) is 12.5 Å². The summed E-state index contributed by atoms with van der Waals surface area (Å²) in [6.07, 6.45) is 0.807. The molecule has 0 bridgehead atoms. The summed E-state index contributed by atoms with van der Waals surface area (Å²) in [5.41, 5.74) is 2.22. The van der Waals surface area contributed by atoms with Crippen LogP contribution in [0.3, 0.4) is 0 Å². The lowest BCUT2D eigenvalue weighted by Gasteiger charge is -2.23. The second-order valence-corrected chi connectivity index (χ2v) is 6.26. The van der Waals surface area contributed by atoms with Crippen LogP contribution in [-0.4, -0.2) is 23.9 Å². The number of furan rings is 1. The Bertz CT molecular complexity index is 1040. The van der Waals surface area contributed by atoms with Gasteiger partial charge in [-0.2, -0.15) is 0 Å². The Kier molecular flexibility index (Phi) is 4.63. The van der Waals surface area contributed by atoms with E-state index in [1.165, 1.54) is 6.26 Å². The smallest absolute Gasteiger partial charge is 0.339 e. The number of hydrogen-bond donors (Lipinski definition) is 2. The van der Waals surface area contributed by atoms with Gasteiger partial charge in [-0.25, -0.2) is 4.79 Å². The first-order valence-electron chi connectivity index (χ1n) is 8.65. The van der Waals surface area contributed by atoms with Crippen molar-refractivity contribution in [2.75, 3.05) is 10.6 Å². The normalized spacial score (nSPS) is 15.3. The highest BCUT2D eigenvalue weighted by Gasteiger charge is 2.31. The lowest BCUT2D eigenvalue weighted by atomic mass is 9.98. The van der Waals surface area contributed by atoms with E-state index in [-0.39, 0.29) is 5.76 Å². The molecular formula is C21H16N2O5. The zero-order valence-corrected chi connectivity index (χ0v) is 14.7. The van der Waals surface area contributed by atoms with Gasteiger partial charge in [-0.3, -0.25) is 9.59 Å². The lowest BCUT2D eigenvalue weighted by molar-refractivity contribution is -0.125. The van der Waals surface area contributed by atoms with Gasteiger partial charge in [0.05, 0.1) is 11.8 Å². The number of hydrogen-bond acceptors (Lipinski definition) is 5. The predicted octanol–water partition coefficient (Wildman–Crippen LogP) is 3.25. The maximum atomic E-state index is 12.6. The highest BCUT2D eigenvalue weighted by Crippen LogP contribution is 2.22. The third-order valence-electron chi connectivity index (χ3n) is 4.32. The molecule has 0 aliphatic carbocycles. The van der Waals surface area contributed by atoms with E-state index in [1.807, 2.05) is 6.07 Å². The Morgan fingerprint density at radius 1 is 0.929 bits per heavy atom. The Labute approximate surface area is 160 Å². The Balaban J connectivity index is 1.44. The van der Waals surface area contributed by atoms with Crippen molar-refractivity contribution in [1.82, 2.24) is 0 Å². The molecule has 1 aliphatic heterocycles. The first kappa shape index (κ1) is 17.5. The SMILES string of the molecule is O=C(Nc1cccc(NC(=O)C2Cc3ccccc3C(=O)O2)c1)c1ccco1. The van der Waals surface area contributed by atoms with Gasteiger partial charge >= 0.3 is 5.97 Å². The molecule has 0 fully saturated rings. The molecule has 28 heavy (non-hydrogen) atoms. The van der Waals surface area contributed by atoms with E-state index in [0.29, 0.717) is 23.4 Å². The minimum Gasteiger partial charge on any atom is -0.459 e. The van der Waals surface area contributed by atoms with E-state index in [9.17, 15) is 14.4 Å². The molecule has 0 saturated carbocycles. The van der Waals surface area contributed by atoms with Crippen LogP contribution in [0.5, 0.6) is 0 Å². The Morgan fingerprint density at radius 3 is 2.50 bits per heavy atom. The topological polar surface area (TPSA) is 97.6 Å². The number of cyclic esters (lactones) is 1. The number of rotatable bonds is 4. The van der Waals surface area contributed by atoms with E-state index >= 15 is 0 Å². The second kappa shape index (κ2) is 7.40. The predicted molar refractivity (Wildman–Crippen MR) is 101 cm³/mol. The Hall–Kier alpha value is -3.87. The number of benzene rings is 2. The number of carbonyl (C=O) groups is 3. The van der Waals surface area contributed by atoms with Gasteiger partial charge in [0.1, 0.15) is 0 Å². The van der Waals surface area contributed by atoms with Crippen LogP contribution < -0.4 is 10.6 Å². The fourth-order valence-electron chi connectivity index (χ4n) is 2.98. The van der Waals surface area contributed by atoms with Gasteiger partial charge in [-0.15, -0.1) is 0 Å². The van der Waals surface area contributed by atoms with Crippen molar-refractivity contribution in [3.05, 3.63) is 83.8 Å². The van der Waals surface area contributed by atoms with E-state index < -0.39 is 23.9 Å². The van der Waals surface area contributed by atoms with Crippen LogP contribution >= 0.6 is 0 Å². The second-order valence-electron chi connectivity index (χ2n) is 6.26. The average molecular weight is 376 g/mol. The molecule has 1 aromatic heterocycles. The monoisotopic (exact) mass is 376 g/mol. The first-order valence-corrected chi connectivity index (χ1v) is 8.65. The van der Waals surface area contributed by atoms with E-state index in [2.05, 4.69) is 10.6 Å². The summed E-state index contributed by atoms with van der Waals surface area (Å²) in [7, 11) is 0. The average Bonchev–Trinajstić information content (AvgIpc) is 3.23. The van der Waals surface area contributed by atoms with Crippen molar-refractivity contribution >= 4 is 29.2 Å². The molecule has 1 unspecified atom stereocenters. The Morgan fingerprint density at radius 2 is 1.71 bits per heavy atom.